The topological polar surface area (TPSA) is 92.9 Å². The van der Waals surface area contributed by atoms with E-state index in [2.05, 4.69) is 25.6 Å². The standard InChI is InChI=1S/C22H25F2N5O2/c1-13-26-12-18(31-13)16-10-27-17-11-28-20(29-22(30)14-5-3-2-4-6-14)9-15(17)21(16)25-8-7-19(23)24/h9-12,14,19H,2-8H2,1H3,(H,25,27)(H,28,29,30). The van der Waals surface area contributed by atoms with Crippen LogP contribution >= 0.6 is 0 Å². The van der Waals surface area contributed by atoms with Gasteiger partial charge in [-0.05, 0) is 18.9 Å². The van der Waals surface area contributed by atoms with Gasteiger partial charge < -0.3 is 15.1 Å². The number of oxazole rings is 1. The number of nitrogens with zero attached hydrogens (tertiary/aromatic N) is 3. The van der Waals surface area contributed by atoms with Crippen molar-refractivity contribution < 1.29 is 18.0 Å². The first-order valence-electron chi connectivity index (χ1n) is 10.6. The van der Waals surface area contributed by atoms with E-state index in [1.54, 1.807) is 31.6 Å². The van der Waals surface area contributed by atoms with Crippen molar-refractivity contribution in [1.82, 2.24) is 15.0 Å². The molecule has 31 heavy (non-hydrogen) atoms. The number of aromatic nitrogens is 3. The molecule has 1 fully saturated rings. The Labute approximate surface area is 178 Å². The van der Waals surface area contributed by atoms with Crippen LogP contribution in [0.3, 0.4) is 0 Å². The predicted molar refractivity (Wildman–Crippen MR) is 114 cm³/mol. The molecule has 3 aromatic heterocycles. The van der Waals surface area contributed by atoms with E-state index < -0.39 is 6.43 Å². The molecular weight excluding hydrogens is 404 g/mol. The van der Waals surface area contributed by atoms with Gasteiger partial charge in [-0.15, -0.1) is 0 Å². The summed E-state index contributed by atoms with van der Waals surface area (Å²) < 4.78 is 31.1. The van der Waals surface area contributed by atoms with Crippen LogP contribution in [-0.4, -0.2) is 33.8 Å². The molecule has 0 unspecified atom stereocenters. The molecule has 7 nitrogen and oxygen atoms in total. The van der Waals surface area contributed by atoms with Gasteiger partial charge in [-0.25, -0.2) is 18.7 Å². The quantitative estimate of drug-likeness (QED) is 0.538. The van der Waals surface area contributed by atoms with Crippen LogP contribution in [0.2, 0.25) is 0 Å². The number of hydrogen-bond donors (Lipinski definition) is 2. The summed E-state index contributed by atoms with van der Waals surface area (Å²) in [5.41, 5.74) is 1.78. The molecule has 0 saturated heterocycles. The second kappa shape index (κ2) is 9.36. The monoisotopic (exact) mass is 429 g/mol. The number of anilines is 2. The van der Waals surface area contributed by atoms with Crippen LogP contribution in [0.15, 0.2) is 29.1 Å². The number of hydrogen-bond acceptors (Lipinski definition) is 6. The van der Waals surface area contributed by atoms with E-state index in [4.69, 9.17) is 4.42 Å². The average molecular weight is 429 g/mol. The van der Waals surface area contributed by atoms with E-state index in [-0.39, 0.29) is 24.8 Å². The maximum Gasteiger partial charge on any atom is 0.240 e. The lowest BCUT2D eigenvalue weighted by Gasteiger charge is -2.20. The van der Waals surface area contributed by atoms with Gasteiger partial charge >= 0.3 is 0 Å². The number of halogens is 2. The highest BCUT2D eigenvalue weighted by Crippen LogP contribution is 2.35. The first kappa shape index (κ1) is 21.1. The highest BCUT2D eigenvalue weighted by Gasteiger charge is 2.22. The van der Waals surface area contributed by atoms with Crippen molar-refractivity contribution >= 4 is 28.3 Å². The molecule has 9 heteroatoms. The second-order valence-corrected chi connectivity index (χ2v) is 7.81. The summed E-state index contributed by atoms with van der Waals surface area (Å²) in [4.78, 5) is 25.5. The molecule has 0 bridgehead atoms. The number of rotatable bonds is 7. The van der Waals surface area contributed by atoms with Crippen molar-refractivity contribution in [3.8, 4) is 11.3 Å². The summed E-state index contributed by atoms with van der Waals surface area (Å²) in [6.07, 6.45) is 7.10. The number of carbonyl (C=O) groups excluding carboxylic acids is 1. The molecule has 3 aromatic rings. The molecule has 1 aliphatic rings. The number of carbonyl (C=O) groups is 1. The Bertz CT molecular complexity index is 1060. The summed E-state index contributed by atoms with van der Waals surface area (Å²) in [5.74, 6) is 1.35. The van der Waals surface area contributed by atoms with Crippen molar-refractivity contribution in [2.45, 2.75) is 51.9 Å². The third kappa shape index (κ3) is 4.98. The number of aryl methyl sites for hydroxylation is 1. The third-order valence-corrected chi connectivity index (χ3v) is 5.53. The van der Waals surface area contributed by atoms with Crippen molar-refractivity contribution in [3.63, 3.8) is 0 Å². The first-order chi connectivity index (χ1) is 15.0. The molecule has 1 saturated carbocycles. The molecule has 1 aliphatic carbocycles. The second-order valence-electron chi connectivity index (χ2n) is 7.81. The van der Waals surface area contributed by atoms with Gasteiger partial charge in [-0.1, -0.05) is 19.3 Å². The van der Waals surface area contributed by atoms with Gasteiger partial charge in [-0.2, -0.15) is 0 Å². The number of nitrogens with one attached hydrogen (secondary N) is 2. The van der Waals surface area contributed by atoms with Crippen molar-refractivity contribution in [1.29, 1.82) is 0 Å². The highest BCUT2D eigenvalue weighted by atomic mass is 19.3. The number of fused-ring (bicyclic) bond motifs is 1. The Morgan fingerprint density at radius 1 is 1.16 bits per heavy atom. The Kier molecular flexibility index (Phi) is 6.39. The Morgan fingerprint density at radius 2 is 1.97 bits per heavy atom. The van der Waals surface area contributed by atoms with Gasteiger partial charge in [0.15, 0.2) is 11.7 Å². The molecule has 3 heterocycles. The lowest BCUT2D eigenvalue weighted by Crippen LogP contribution is -2.25. The smallest absolute Gasteiger partial charge is 0.240 e. The molecule has 0 atom stereocenters. The van der Waals surface area contributed by atoms with Crippen LogP contribution in [0.4, 0.5) is 20.3 Å². The molecule has 4 rings (SSSR count). The number of alkyl halides is 2. The van der Waals surface area contributed by atoms with Crippen LogP contribution in [0.25, 0.3) is 22.2 Å². The van der Waals surface area contributed by atoms with Crippen LogP contribution in [0.1, 0.15) is 44.4 Å². The van der Waals surface area contributed by atoms with E-state index in [0.29, 0.717) is 39.6 Å². The van der Waals surface area contributed by atoms with E-state index >= 15 is 0 Å². The van der Waals surface area contributed by atoms with E-state index in [9.17, 15) is 13.6 Å². The van der Waals surface area contributed by atoms with Crippen molar-refractivity contribution in [3.05, 3.63) is 30.5 Å². The first-order valence-corrected chi connectivity index (χ1v) is 10.6. The maximum atomic E-state index is 12.7. The molecule has 0 radical (unpaired) electrons. The van der Waals surface area contributed by atoms with Crippen LogP contribution in [-0.2, 0) is 4.79 Å². The normalized spacial score (nSPS) is 14.8. The lowest BCUT2D eigenvalue weighted by atomic mass is 9.89. The van der Waals surface area contributed by atoms with E-state index in [1.807, 2.05) is 0 Å². The highest BCUT2D eigenvalue weighted by molar-refractivity contribution is 6.01. The van der Waals surface area contributed by atoms with E-state index in [0.717, 1.165) is 25.7 Å². The zero-order chi connectivity index (χ0) is 21.8. The summed E-state index contributed by atoms with van der Waals surface area (Å²) in [6.45, 7) is 1.80. The fraction of sp³-hybridized carbons (Fsp3) is 0.455. The fourth-order valence-electron chi connectivity index (χ4n) is 3.93. The molecule has 0 aliphatic heterocycles. The van der Waals surface area contributed by atoms with Crippen molar-refractivity contribution in [2.24, 2.45) is 5.92 Å². The molecule has 1 amide bonds. The Balaban J connectivity index is 1.68. The van der Waals surface area contributed by atoms with Crippen LogP contribution < -0.4 is 10.6 Å². The Morgan fingerprint density at radius 3 is 2.68 bits per heavy atom. The SMILES string of the molecule is Cc1ncc(-c2cnc3cnc(NC(=O)C4CCCCC4)cc3c2NCCC(F)F)o1. The summed E-state index contributed by atoms with van der Waals surface area (Å²) in [7, 11) is 0. The molecule has 0 spiro atoms. The maximum absolute atomic E-state index is 12.7. The number of amides is 1. The van der Waals surface area contributed by atoms with E-state index in [1.165, 1.54) is 6.42 Å². The minimum atomic E-state index is -2.41. The van der Waals surface area contributed by atoms with Gasteiger partial charge in [0.1, 0.15) is 5.82 Å². The van der Waals surface area contributed by atoms with Crippen LogP contribution in [0, 0.1) is 12.8 Å². The van der Waals surface area contributed by atoms with Gasteiger partial charge in [0, 0.05) is 37.4 Å². The summed E-state index contributed by atoms with van der Waals surface area (Å²) in [6, 6.07) is 1.72. The minimum Gasteiger partial charge on any atom is -0.441 e. The third-order valence-electron chi connectivity index (χ3n) is 5.53. The predicted octanol–water partition coefficient (Wildman–Crippen LogP) is 5.18. The molecule has 0 aromatic carbocycles. The van der Waals surface area contributed by atoms with Gasteiger partial charge in [0.2, 0.25) is 12.3 Å². The summed E-state index contributed by atoms with van der Waals surface area (Å²) in [5, 5.41) is 6.66. The number of pyridine rings is 2. The van der Waals surface area contributed by atoms with Crippen LogP contribution in [0.5, 0.6) is 0 Å². The zero-order valence-electron chi connectivity index (χ0n) is 17.3. The molecule has 164 valence electrons. The van der Waals surface area contributed by atoms with Crippen molar-refractivity contribution in [2.75, 3.05) is 17.2 Å². The fourth-order valence-corrected chi connectivity index (χ4v) is 3.93. The lowest BCUT2D eigenvalue weighted by molar-refractivity contribution is -0.120. The minimum absolute atomic E-state index is 0.00323. The van der Waals surface area contributed by atoms with Gasteiger partial charge in [0.05, 0.1) is 29.2 Å². The molecular formula is C22H25F2N5O2. The summed E-state index contributed by atoms with van der Waals surface area (Å²) >= 11 is 0. The zero-order valence-corrected chi connectivity index (χ0v) is 17.3. The Hall–Kier alpha value is -3.10. The van der Waals surface area contributed by atoms with Gasteiger partial charge in [0.25, 0.3) is 0 Å². The molecule has 2 N–H and O–H groups in total. The van der Waals surface area contributed by atoms with Gasteiger partial charge in [-0.3, -0.25) is 9.78 Å². The average Bonchev–Trinajstić information content (AvgIpc) is 3.20. The largest absolute Gasteiger partial charge is 0.441 e.